The van der Waals surface area contributed by atoms with Gasteiger partial charge in [0, 0.05) is 6.54 Å². The number of benzene rings is 1. The standard InChI is InChI=1S/C14H14F3N3O/c1-21-11-4-2-10(3-5-11)8-9-18-13-7-6-12(19-20-13)14(15,16)17/h2-7H,8-9H2,1H3,(H,18,20). The molecule has 7 heteroatoms. The number of rotatable bonds is 5. The van der Waals surface area contributed by atoms with Crippen LogP contribution in [0.2, 0.25) is 0 Å². The van der Waals surface area contributed by atoms with E-state index in [9.17, 15) is 13.2 Å². The number of nitrogens with one attached hydrogen (secondary N) is 1. The predicted octanol–water partition coefficient (Wildman–Crippen LogP) is 3.16. The monoisotopic (exact) mass is 297 g/mol. The van der Waals surface area contributed by atoms with Crippen LogP contribution in [-0.2, 0) is 12.6 Å². The third-order valence-corrected chi connectivity index (χ3v) is 2.83. The van der Waals surface area contributed by atoms with Crippen LogP contribution in [0, 0.1) is 0 Å². The minimum Gasteiger partial charge on any atom is -0.497 e. The number of hydrogen-bond acceptors (Lipinski definition) is 4. The second-order valence-corrected chi connectivity index (χ2v) is 4.33. The summed E-state index contributed by atoms with van der Waals surface area (Å²) in [6, 6.07) is 9.74. The Bertz CT molecular complexity index is 568. The van der Waals surface area contributed by atoms with Crippen molar-refractivity contribution in [3.05, 3.63) is 47.7 Å². The molecule has 0 unspecified atom stereocenters. The first-order valence-electron chi connectivity index (χ1n) is 6.27. The molecule has 0 atom stereocenters. The van der Waals surface area contributed by atoms with E-state index in [0.717, 1.165) is 17.4 Å². The van der Waals surface area contributed by atoms with Gasteiger partial charge in [-0.3, -0.25) is 0 Å². The molecule has 4 nitrogen and oxygen atoms in total. The average Bonchev–Trinajstić information content (AvgIpc) is 2.47. The molecular weight excluding hydrogens is 283 g/mol. The first-order chi connectivity index (χ1) is 9.99. The first-order valence-corrected chi connectivity index (χ1v) is 6.27. The summed E-state index contributed by atoms with van der Waals surface area (Å²) in [5.41, 5.74) is 0.0892. The van der Waals surface area contributed by atoms with Crippen molar-refractivity contribution in [2.45, 2.75) is 12.6 Å². The molecule has 0 aliphatic rings. The smallest absolute Gasteiger partial charge is 0.435 e. The molecule has 1 aromatic heterocycles. The minimum atomic E-state index is -4.46. The summed E-state index contributed by atoms with van der Waals surface area (Å²) >= 11 is 0. The van der Waals surface area contributed by atoms with Gasteiger partial charge in [0.1, 0.15) is 11.6 Å². The number of nitrogens with zero attached hydrogens (tertiary/aromatic N) is 2. The lowest BCUT2D eigenvalue weighted by atomic mass is 10.1. The van der Waals surface area contributed by atoms with Crippen molar-refractivity contribution in [3.8, 4) is 5.75 Å². The molecular formula is C14H14F3N3O. The van der Waals surface area contributed by atoms with Crippen LogP contribution in [0.1, 0.15) is 11.3 Å². The summed E-state index contributed by atoms with van der Waals surface area (Å²) in [5.74, 6) is 1.09. The van der Waals surface area contributed by atoms with Crippen LogP contribution >= 0.6 is 0 Å². The van der Waals surface area contributed by atoms with Crippen molar-refractivity contribution in [3.63, 3.8) is 0 Å². The lowest BCUT2D eigenvalue weighted by molar-refractivity contribution is -0.141. The zero-order chi connectivity index (χ0) is 15.3. The molecule has 21 heavy (non-hydrogen) atoms. The van der Waals surface area contributed by atoms with Crippen LogP contribution in [-0.4, -0.2) is 23.9 Å². The zero-order valence-corrected chi connectivity index (χ0v) is 11.3. The van der Waals surface area contributed by atoms with Gasteiger partial charge < -0.3 is 10.1 Å². The van der Waals surface area contributed by atoms with E-state index in [1.165, 1.54) is 6.07 Å². The van der Waals surface area contributed by atoms with Crippen LogP contribution in [0.15, 0.2) is 36.4 Å². The summed E-state index contributed by atoms with van der Waals surface area (Å²) in [7, 11) is 1.60. The van der Waals surface area contributed by atoms with Gasteiger partial charge in [0.2, 0.25) is 0 Å². The quantitative estimate of drug-likeness (QED) is 0.921. The zero-order valence-electron chi connectivity index (χ0n) is 11.3. The van der Waals surface area contributed by atoms with E-state index < -0.39 is 11.9 Å². The Morgan fingerprint density at radius 3 is 2.29 bits per heavy atom. The van der Waals surface area contributed by atoms with Crippen LogP contribution < -0.4 is 10.1 Å². The normalized spacial score (nSPS) is 11.2. The predicted molar refractivity (Wildman–Crippen MR) is 72.2 cm³/mol. The molecule has 112 valence electrons. The Balaban J connectivity index is 1.85. The highest BCUT2D eigenvalue weighted by Crippen LogP contribution is 2.27. The van der Waals surface area contributed by atoms with Gasteiger partial charge in [-0.1, -0.05) is 12.1 Å². The number of alkyl halides is 3. The van der Waals surface area contributed by atoms with Crippen molar-refractivity contribution < 1.29 is 17.9 Å². The Morgan fingerprint density at radius 1 is 1.05 bits per heavy atom. The third kappa shape index (κ3) is 4.34. The number of anilines is 1. The van der Waals surface area contributed by atoms with Gasteiger partial charge in [-0.15, -0.1) is 10.2 Å². The lowest BCUT2D eigenvalue weighted by Crippen LogP contribution is -2.11. The molecule has 0 aliphatic carbocycles. The molecule has 0 aliphatic heterocycles. The molecule has 0 amide bonds. The molecule has 0 saturated heterocycles. The van der Waals surface area contributed by atoms with Gasteiger partial charge in [0.15, 0.2) is 5.69 Å². The van der Waals surface area contributed by atoms with Gasteiger partial charge in [0.25, 0.3) is 0 Å². The maximum Gasteiger partial charge on any atom is 0.435 e. The summed E-state index contributed by atoms with van der Waals surface area (Å²) < 4.78 is 42.0. The van der Waals surface area contributed by atoms with E-state index >= 15 is 0 Å². The van der Waals surface area contributed by atoms with E-state index in [2.05, 4.69) is 15.5 Å². The molecule has 0 fully saturated rings. The molecule has 1 aromatic carbocycles. The fourth-order valence-electron chi connectivity index (χ4n) is 1.70. The Morgan fingerprint density at radius 2 is 1.76 bits per heavy atom. The summed E-state index contributed by atoms with van der Waals surface area (Å²) in [6.45, 7) is 0.548. The van der Waals surface area contributed by atoms with Crippen LogP contribution in [0.25, 0.3) is 0 Å². The maximum absolute atomic E-state index is 12.3. The lowest BCUT2D eigenvalue weighted by Gasteiger charge is -2.08. The van der Waals surface area contributed by atoms with E-state index in [1.807, 2.05) is 24.3 Å². The fourth-order valence-corrected chi connectivity index (χ4v) is 1.70. The minimum absolute atomic E-state index is 0.316. The van der Waals surface area contributed by atoms with Crippen LogP contribution in [0.4, 0.5) is 19.0 Å². The highest BCUT2D eigenvalue weighted by molar-refractivity contribution is 5.34. The second kappa shape index (κ2) is 6.43. The van der Waals surface area contributed by atoms with Gasteiger partial charge >= 0.3 is 6.18 Å². The topological polar surface area (TPSA) is 47.0 Å². The van der Waals surface area contributed by atoms with Gasteiger partial charge in [-0.05, 0) is 36.2 Å². The number of aromatic nitrogens is 2. The Kier molecular flexibility index (Phi) is 4.62. The summed E-state index contributed by atoms with van der Waals surface area (Å²) in [5, 5.41) is 9.58. The number of ether oxygens (including phenoxy) is 1. The fraction of sp³-hybridized carbons (Fsp3) is 0.286. The van der Waals surface area contributed by atoms with Gasteiger partial charge in [-0.2, -0.15) is 13.2 Å². The van der Waals surface area contributed by atoms with Crippen molar-refractivity contribution in [2.75, 3.05) is 19.0 Å². The third-order valence-electron chi connectivity index (χ3n) is 2.83. The molecule has 2 rings (SSSR count). The number of methoxy groups -OCH3 is 1. The molecule has 1 heterocycles. The Labute approximate surface area is 120 Å². The van der Waals surface area contributed by atoms with Gasteiger partial charge in [0.05, 0.1) is 7.11 Å². The molecule has 0 radical (unpaired) electrons. The first kappa shape index (κ1) is 15.1. The molecule has 0 bridgehead atoms. The van der Waals surface area contributed by atoms with Gasteiger partial charge in [-0.25, -0.2) is 0 Å². The highest BCUT2D eigenvalue weighted by Gasteiger charge is 2.32. The van der Waals surface area contributed by atoms with Crippen molar-refractivity contribution >= 4 is 5.82 Å². The second-order valence-electron chi connectivity index (χ2n) is 4.33. The largest absolute Gasteiger partial charge is 0.497 e. The summed E-state index contributed by atoms with van der Waals surface area (Å²) in [6.07, 6.45) is -3.75. The summed E-state index contributed by atoms with van der Waals surface area (Å²) in [4.78, 5) is 0. The number of hydrogen-bond donors (Lipinski definition) is 1. The molecule has 2 aromatic rings. The molecule has 0 saturated carbocycles. The van der Waals surface area contributed by atoms with E-state index in [4.69, 9.17) is 4.74 Å². The number of halogens is 3. The average molecular weight is 297 g/mol. The van der Waals surface area contributed by atoms with E-state index in [-0.39, 0.29) is 0 Å². The van der Waals surface area contributed by atoms with Crippen LogP contribution in [0.3, 0.4) is 0 Å². The molecule has 0 spiro atoms. The van der Waals surface area contributed by atoms with Crippen molar-refractivity contribution in [1.82, 2.24) is 10.2 Å². The van der Waals surface area contributed by atoms with E-state index in [0.29, 0.717) is 18.8 Å². The maximum atomic E-state index is 12.3. The molecule has 1 N–H and O–H groups in total. The SMILES string of the molecule is COc1ccc(CCNc2ccc(C(F)(F)F)nn2)cc1. The van der Waals surface area contributed by atoms with Crippen molar-refractivity contribution in [1.29, 1.82) is 0 Å². The van der Waals surface area contributed by atoms with E-state index in [1.54, 1.807) is 7.11 Å². The van der Waals surface area contributed by atoms with Crippen molar-refractivity contribution in [2.24, 2.45) is 0 Å². The Hall–Kier alpha value is -2.31. The van der Waals surface area contributed by atoms with Crippen LogP contribution in [0.5, 0.6) is 5.75 Å². The highest BCUT2D eigenvalue weighted by atomic mass is 19.4.